The summed E-state index contributed by atoms with van der Waals surface area (Å²) in [4.78, 5) is 38.9. The van der Waals surface area contributed by atoms with Crippen molar-refractivity contribution in [3.8, 4) is 5.69 Å². The van der Waals surface area contributed by atoms with Gasteiger partial charge in [0.05, 0.1) is 12.8 Å². The van der Waals surface area contributed by atoms with Gasteiger partial charge in [0.25, 0.3) is 11.5 Å². The van der Waals surface area contributed by atoms with Gasteiger partial charge in [0.15, 0.2) is 5.69 Å². The molecule has 0 radical (unpaired) electrons. The number of hydrogen-bond acceptors (Lipinski definition) is 5. The Bertz CT molecular complexity index is 1210. The first-order valence-corrected chi connectivity index (χ1v) is 11.4. The number of halogens is 1. The SMILES string of the molecule is CCOC(=O)c1cc2c(=O)n(-c3ccc(F)cc3)c(C(=O)NC3CCCCCCC3)cn2n1. The van der Waals surface area contributed by atoms with Crippen LogP contribution in [0.15, 0.2) is 41.3 Å². The molecule has 174 valence electrons. The molecule has 0 atom stereocenters. The highest BCUT2D eigenvalue weighted by molar-refractivity contribution is 5.94. The van der Waals surface area contributed by atoms with E-state index in [0.29, 0.717) is 5.69 Å². The minimum atomic E-state index is -0.658. The third-order valence-corrected chi connectivity index (χ3v) is 5.89. The van der Waals surface area contributed by atoms with Crippen LogP contribution in [0.3, 0.4) is 0 Å². The molecule has 3 aromatic rings. The average molecular weight is 455 g/mol. The Balaban J connectivity index is 1.79. The van der Waals surface area contributed by atoms with Crippen molar-refractivity contribution < 1.29 is 18.7 Å². The number of carbonyl (C=O) groups is 2. The molecule has 1 saturated carbocycles. The second-order valence-electron chi connectivity index (χ2n) is 8.23. The van der Waals surface area contributed by atoms with E-state index in [1.165, 1.54) is 52.0 Å². The van der Waals surface area contributed by atoms with Gasteiger partial charge in [-0.25, -0.2) is 13.7 Å². The summed E-state index contributed by atoms with van der Waals surface area (Å²) in [6, 6.07) is 6.66. The second kappa shape index (κ2) is 9.97. The first-order chi connectivity index (χ1) is 16.0. The molecule has 0 saturated heterocycles. The molecule has 1 amide bonds. The van der Waals surface area contributed by atoms with Crippen LogP contribution >= 0.6 is 0 Å². The first kappa shape index (κ1) is 22.7. The molecule has 1 fully saturated rings. The monoisotopic (exact) mass is 454 g/mol. The number of benzene rings is 1. The summed E-state index contributed by atoms with van der Waals surface area (Å²) in [6.45, 7) is 1.84. The lowest BCUT2D eigenvalue weighted by Crippen LogP contribution is -2.39. The van der Waals surface area contributed by atoms with Crippen molar-refractivity contribution >= 4 is 17.4 Å². The van der Waals surface area contributed by atoms with Crippen LogP contribution in [-0.4, -0.2) is 38.7 Å². The van der Waals surface area contributed by atoms with Crippen LogP contribution in [0.2, 0.25) is 0 Å². The largest absolute Gasteiger partial charge is 0.461 e. The van der Waals surface area contributed by atoms with E-state index in [1.807, 2.05) is 0 Å². The van der Waals surface area contributed by atoms with E-state index in [-0.39, 0.29) is 29.6 Å². The molecule has 0 spiro atoms. The summed E-state index contributed by atoms with van der Waals surface area (Å²) in [7, 11) is 0. The van der Waals surface area contributed by atoms with E-state index in [1.54, 1.807) is 6.92 Å². The third-order valence-electron chi connectivity index (χ3n) is 5.89. The highest BCUT2D eigenvalue weighted by Crippen LogP contribution is 2.18. The van der Waals surface area contributed by atoms with Gasteiger partial charge in [0.1, 0.15) is 17.0 Å². The maximum absolute atomic E-state index is 13.5. The van der Waals surface area contributed by atoms with E-state index in [2.05, 4.69) is 10.4 Å². The zero-order valence-corrected chi connectivity index (χ0v) is 18.6. The van der Waals surface area contributed by atoms with Crippen LogP contribution in [0.4, 0.5) is 4.39 Å². The lowest BCUT2D eigenvalue weighted by Gasteiger charge is -2.22. The first-order valence-electron chi connectivity index (χ1n) is 11.4. The van der Waals surface area contributed by atoms with E-state index in [0.717, 1.165) is 38.5 Å². The molecule has 1 aliphatic carbocycles. The summed E-state index contributed by atoms with van der Waals surface area (Å²) in [5, 5.41) is 7.21. The molecule has 1 aliphatic rings. The van der Waals surface area contributed by atoms with Gasteiger partial charge in [-0.15, -0.1) is 0 Å². The molecule has 0 unspecified atom stereocenters. The molecule has 9 heteroatoms. The normalized spacial score (nSPS) is 15.1. The van der Waals surface area contributed by atoms with Gasteiger partial charge in [-0.3, -0.25) is 14.2 Å². The van der Waals surface area contributed by atoms with Crippen LogP contribution in [0.25, 0.3) is 11.2 Å². The van der Waals surface area contributed by atoms with Crippen molar-refractivity contribution in [1.29, 1.82) is 0 Å². The van der Waals surface area contributed by atoms with E-state index in [9.17, 15) is 18.8 Å². The summed E-state index contributed by atoms with van der Waals surface area (Å²) in [6.07, 6.45) is 8.75. The smallest absolute Gasteiger partial charge is 0.358 e. The van der Waals surface area contributed by atoms with Crippen molar-refractivity contribution in [1.82, 2.24) is 19.5 Å². The van der Waals surface area contributed by atoms with Gasteiger partial charge in [0.2, 0.25) is 0 Å². The van der Waals surface area contributed by atoms with E-state index in [4.69, 9.17) is 4.74 Å². The summed E-state index contributed by atoms with van der Waals surface area (Å²) in [5.41, 5.74) is -0.0812. The van der Waals surface area contributed by atoms with E-state index >= 15 is 0 Å². The number of esters is 1. The van der Waals surface area contributed by atoms with Crippen molar-refractivity contribution in [3.63, 3.8) is 0 Å². The van der Waals surface area contributed by atoms with Crippen molar-refractivity contribution in [2.24, 2.45) is 0 Å². The molecular weight excluding hydrogens is 427 g/mol. The number of fused-ring (bicyclic) bond motifs is 1. The van der Waals surface area contributed by atoms with Crippen LogP contribution in [0.1, 0.15) is 72.8 Å². The number of ether oxygens (including phenoxy) is 1. The Morgan fingerprint density at radius 2 is 1.79 bits per heavy atom. The fraction of sp³-hybridized carbons (Fsp3) is 0.417. The molecule has 4 rings (SSSR count). The number of nitrogens with one attached hydrogen (secondary N) is 1. The van der Waals surface area contributed by atoms with Crippen LogP contribution in [0, 0.1) is 5.82 Å². The molecule has 0 aliphatic heterocycles. The van der Waals surface area contributed by atoms with Crippen molar-refractivity contribution in [2.75, 3.05) is 6.61 Å². The molecule has 2 heterocycles. The van der Waals surface area contributed by atoms with Gasteiger partial charge in [0, 0.05) is 17.8 Å². The van der Waals surface area contributed by atoms with Gasteiger partial charge in [-0.2, -0.15) is 5.10 Å². The molecule has 2 aromatic heterocycles. The Kier molecular flexibility index (Phi) is 6.86. The lowest BCUT2D eigenvalue weighted by atomic mass is 9.96. The number of hydrogen-bond donors (Lipinski definition) is 1. The standard InChI is InChI=1S/C24H27FN4O4/c1-2-33-24(32)19-14-20-23(31)29(18-12-10-16(25)11-13-18)21(15-28(20)27-19)22(30)26-17-8-6-4-3-5-7-9-17/h10-15,17H,2-9H2,1H3,(H,26,30). The number of carbonyl (C=O) groups excluding carboxylic acids is 2. The summed E-state index contributed by atoms with van der Waals surface area (Å²) in [5.74, 6) is -1.53. The summed E-state index contributed by atoms with van der Waals surface area (Å²) >= 11 is 0. The maximum atomic E-state index is 13.5. The zero-order valence-electron chi connectivity index (χ0n) is 18.6. The van der Waals surface area contributed by atoms with Gasteiger partial charge in [-0.05, 0) is 44.0 Å². The maximum Gasteiger partial charge on any atom is 0.358 e. The number of amides is 1. The van der Waals surface area contributed by atoms with Crippen molar-refractivity contribution in [2.45, 2.75) is 57.9 Å². The molecule has 33 heavy (non-hydrogen) atoms. The minimum Gasteiger partial charge on any atom is -0.461 e. The predicted octanol–water partition coefficient (Wildman–Crippen LogP) is 3.64. The minimum absolute atomic E-state index is 0.0120. The lowest BCUT2D eigenvalue weighted by molar-refractivity contribution is 0.0519. The Labute approximate surface area is 190 Å². The van der Waals surface area contributed by atoms with Crippen molar-refractivity contribution in [3.05, 3.63) is 64.1 Å². The second-order valence-corrected chi connectivity index (χ2v) is 8.23. The Morgan fingerprint density at radius 3 is 2.45 bits per heavy atom. The van der Waals surface area contributed by atoms with Gasteiger partial charge < -0.3 is 10.1 Å². The summed E-state index contributed by atoms with van der Waals surface area (Å²) < 4.78 is 21.0. The fourth-order valence-electron chi connectivity index (χ4n) is 4.22. The number of aromatic nitrogens is 3. The number of rotatable bonds is 5. The topological polar surface area (TPSA) is 94.7 Å². The molecular formula is C24H27FN4O4. The predicted molar refractivity (Wildman–Crippen MR) is 120 cm³/mol. The van der Waals surface area contributed by atoms with Crippen LogP contribution in [0.5, 0.6) is 0 Å². The zero-order chi connectivity index (χ0) is 23.4. The molecule has 1 aromatic carbocycles. The molecule has 8 nitrogen and oxygen atoms in total. The highest BCUT2D eigenvalue weighted by Gasteiger charge is 2.23. The highest BCUT2D eigenvalue weighted by atomic mass is 19.1. The van der Waals surface area contributed by atoms with Gasteiger partial charge >= 0.3 is 5.97 Å². The quantitative estimate of drug-likeness (QED) is 0.594. The molecule has 0 bridgehead atoms. The Morgan fingerprint density at radius 1 is 1.12 bits per heavy atom. The van der Waals surface area contributed by atoms with E-state index < -0.39 is 23.3 Å². The average Bonchev–Trinajstić information content (AvgIpc) is 3.21. The van der Waals surface area contributed by atoms with Crippen LogP contribution < -0.4 is 10.9 Å². The fourth-order valence-corrected chi connectivity index (χ4v) is 4.22. The van der Waals surface area contributed by atoms with Crippen LogP contribution in [-0.2, 0) is 4.74 Å². The number of nitrogens with zero attached hydrogens (tertiary/aromatic N) is 3. The molecule has 1 N–H and O–H groups in total. The Hall–Kier alpha value is -3.49. The van der Waals surface area contributed by atoms with Gasteiger partial charge in [-0.1, -0.05) is 32.1 Å². The third kappa shape index (κ3) is 4.97.